The maximum absolute atomic E-state index is 12.7. The molecule has 20 heavy (non-hydrogen) atoms. The van der Waals surface area contributed by atoms with E-state index in [1.165, 1.54) is 0 Å². The van der Waals surface area contributed by atoms with E-state index in [-0.39, 0.29) is 5.56 Å². The van der Waals surface area contributed by atoms with Crippen LogP contribution < -0.4 is 5.56 Å². The Bertz CT molecular complexity index is 868. The maximum atomic E-state index is 12.7. The molecule has 0 aliphatic rings. The van der Waals surface area contributed by atoms with Crippen LogP contribution in [0.25, 0.3) is 16.6 Å². The predicted molar refractivity (Wildman–Crippen MR) is 89.5 cm³/mol. The van der Waals surface area contributed by atoms with Gasteiger partial charge in [-0.2, -0.15) is 0 Å². The minimum absolute atomic E-state index is 0.0163. The number of rotatable bonds is 1. The van der Waals surface area contributed by atoms with E-state index in [2.05, 4.69) is 33.6 Å². The largest absolute Gasteiger partial charge is 0.268 e. The van der Waals surface area contributed by atoms with Gasteiger partial charge < -0.3 is 0 Å². The molecule has 0 amide bonds. The molecule has 0 atom stereocenters. The zero-order valence-electron chi connectivity index (χ0n) is 11.2. The first kappa shape index (κ1) is 13.3. The average Bonchev–Trinajstić information content (AvgIpc) is 2.41. The number of aromatic nitrogens is 2. The van der Waals surface area contributed by atoms with Crippen molar-refractivity contribution < 1.29 is 0 Å². The molecular weight excluding hydrogens is 363 g/mol. The smallest absolute Gasteiger partial charge is 0.265 e. The lowest BCUT2D eigenvalue weighted by atomic mass is 10.2. The van der Waals surface area contributed by atoms with Crippen molar-refractivity contribution in [1.29, 1.82) is 0 Å². The summed E-state index contributed by atoms with van der Waals surface area (Å²) in [4.78, 5) is 17.2. The first-order valence-electron chi connectivity index (χ1n) is 6.33. The van der Waals surface area contributed by atoms with Crippen LogP contribution in [0.2, 0.25) is 0 Å². The molecule has 0 bridgehead atoms. The molecule has 3 nitrogen and oxygen atoms in total. The molecule has 0 spiro atoms. The van der Waals surface area contributed by atoms with E-state index < -0.39 is 0 Å². The lowest BCUT2D eigenvalue weighted by molar-refractivity contribution is 0.887. The first-order chi connectivity index (χ1) is 9.58. The molecule has 2 aromatic carbocycles. The van der Waals surface area contributed by atoms with Gasteiger partial charge in [0.15, 0.2) is 0 Å². The summed E-state index contributed by atoms with van der Waals surface area (Å²) in [6, 6.07) is 13.5. The molecule has 3 aromatic rings. The Morgan fingerprint density at radius 2 is 1.85 bits per heavy atom. The highest BCUT2D eigenvalue weighted by molar-refractivity contribution is 14.1. The van der Waals surface area contributed by atoms with Crippen LogP contribution in [-0.2, 0) is 0 Å². The fraction of sp³-hybridized carbons (Fsp3) is 0.125. The van der Waals surface area contributed by atoms with Crippen LogP contribution in [0.1, 0.15) is 11.4 Å². The van der Waals surface area contributed by atoms with Crippen molar-refractivity contribution in [3.05, 3.63) is 67.8 Å². The van der Waals surface area contributed by atoms with E-state index in [1.54, 1.807) is 4.57 Å². The van der Waals surface area contributed by atoms with Gasteiger partial charge in [-0.05, 0) is 72.3 Å². The van der Waals surface area contributed by atoms with E-state index in [4.69, 9.17) is 0 Å². The van der Waals surface area contributed by atoms with Crippen molar-refractivity contribution in [2.24, 2.45) is 0 Å². The Kier molecular flexibility index (Phi) is 3.33. The van der Waals surface area contributed by atoms with E-state index in [9.17, 15) is 4.79 Å². The Morgan fingerprint density at radius 3 is 2.60 bits per heavy atom. The monoisotopic (exact) mass is 376 g/mol. The fourth-order valence-corrected chi connectivity index (χ4v) is 3.04. The molecule has 0 radical (unpaired) electrons. The fourth-order valence-electron chi connectivity index (χ4n) is 2.40. The second-order valence-corrected chi connectivity index (χ2v) is 5.99. The van der Waals surface area contributed by atoms with Crippen molar-refractivity contribution in [3.8, 4) is 5.69 Å². The standard InChI is InChI=1S/C16H13IN2O/c1-10-9-12(17)7-8-15(10)19-11(2)18-14-6-4-3-5-13(14)16(19)20/h3-9H,1-2H3. The number of fused-ring (bicyclic) bond motifs is 1. The first-order valence-corrected chi connectivity index (χ1v) is 7.41. The van der Waals surface area contributed by atoms with Gasteiger partial charge in [-0.15, -0.1) is 0 Å². The molecular formula is C16H13IN2O. The molecule has 0 saturated carbocycles. The number of para-hydroxylation sites is 1. The number of aryl methyl sites for hydroxylation is 2. The van der Waals surface area contributed by atoms with Gasteiger partial charge in [0.1, 0.15) is 5.82 Å². The SMILES string of the molecule is Cc1cc(I)ccc1-n1c(C)nc2ccccc2c1=O. The van der Waals surface area contributed by atoms with Gasteiger partial charge in [0.25, 0.3) is 5.56 Å². The zero-order valence-corrected chi connectivity index (χ0v) is 13.4. The van der Waals surface area contributed by atoms with Crippen LogP contribution in [-0.4, -0.2) is 9.55 Å². The van der Waals surface area contributed by atoms with Gasteiger partial charge >= 0.3 is 0 Å². The zero-order chi connectivity index (χ0) is 14.3. The maximum Gasteiger partial charge on any atom is 0.265 e. The van der Waals surface area contributed by atoms with E-state index >= 15 is 0 Å². The second-order valence-electron chi connectivity index (χ2n) is 4.75. The molecule has 4 heteroatoms. The summed E-state index contributed by atoms with van der Waals surface area (Å²) < 4.78 is 2.84. The molecule has 0 fully saturated rings. The van der Waals surface area contributed by atoms with Crippen LogP contribution in [0.3, 0.4) is 0 Å². The summed E-state index contributed by atoms with van der Waals surface area (Å²) in [5, 5.41) is 0.649. The minimum Gasteiger partial charge on any atom is -0.268 e. The highest BCUT2D eigenvalue weighted by Crippen LogP contribution is 2.18. The number of hydrogen-bond acceptors (Lipinski definition) is 2. The van der Waals surface area contributed by atoms with Gasteiger partial charge in [0.05, 0.1) is 16.6 Å². The third kappa shape index (κ3) is 2.14. The van der Waals surface area contributed by atoms with Gasteiger partial charge in [-0.3, -0.25) is 9.36 Å². The van der Waals surface area contributed by atoms with Crippen LogP contribution >= 0.6 is 22.6 Å². The number of benzene rings is 2. The van der Waals surface area contributed by atoms with Crippen molar-refractivity contribution >= 4 is 33.5 Å². The van der Waals surface area contributed by atoms with E-state index in [0.29, 0.717) is 11.2 Å². The Morgan fingerprint density at radius 1 is 1.10 bits per heavy atom. The van der Waals surface area contributed by atoms with Gasteiger partial charge in [0, 0.05) is 3.57 Å². The van der Waals surface area contributed by atoms with Gasteiger partial charge in [-0.1, -0.05) is 12.1 Å². The third-order valence-electron chi connectivity index (χ3n) is 3.34. The molecule has 100 valence electrons. The van der Waals surface area contributed by atoms with Crippen molar-refractivity contribution in [2.45, 2.75) is 13.8 Å². The van der Waals surface area contributed by atoms with Crippen LogP contribution in [0.4, 0.5) is 0 Å². The molecule has 0 saturated heterocycles. The molecule has 0 unspecified atom stereocenters. The molecule has 3 rings (SSSR count). The second kappa shape index (κ2) is 5.01. The Labute approximate surface area is 130 Å². The van der Waals surface area contributed by atoms with E-state index in [0.717, 1.165) is 20.3 Å². The summed E-state index contributed by atoms with van der Waals surface area (Å²) in [5.41, 5.74) is 2.69. The summed E-state index contributed by atoms with van der Waals surface area (Å²) in [6.07, 6.45) is 0. The highest BCUT2D eigenvalue weighted by Gasteiger charge is 2.11. The van der Waals surface area contributed by atoms with Crippen molar-refractivity contribution in [3.63, 3.8) is 0 Å². The lowest BCUT2D eigenvalue weighted by Gasteiger charge is -2.13. The lowest BCUT2D eigenvalue weighted by Crippen LogP contribution is -2.23. The molecule has 1 aromatic heterocycles. The normalized spacial score (nSPS) is 10.9. The topological polar surface area (TPSA) is 34.9 Å². The summed E-state index contributed by atoms with van der Waals surface area (Å²) >= 11 is 2.27. The molecule has 1 heterocycles. The number of nitrogens with zero attached hydrogens (tertiary/aromatic N) is 2. The summed E-state index contributed by atoms with van der Waals surface area (Å²) in [5.74, 6) is 0.706. The van der Waals surface area contributed by atoms with Crippen molar-refractivity contribution in [1.82, 2.24) is 9.55 Å². The highest BCUT2D eigenvalue weighted by atomic mass is 127. The van der Waals surface area contributed by atoms with Crippen LogP contribution in [0.5, 0.6) is 0 Å². The minimum atomic E-state index is -0.0163. The van der Waals surface area contributed by atoms with E-state index in [1.807, 2.05) is 50.2 Å². The van der Waals surface area contributed by atoms with Gasteiger partial charge in [-0.25, -0.2) is 4.98 Å². The summed E-state index contributed by atoms with van der Waals surface area (Å²) in [6.45, 7) is 3.88. The van der Waals surface area contributed by atoms with Crippen LogP contribution in [0.15, 0.2) is 47.3 Å². The molecule has 0 aliphatic carbocycles. The van der Waals surface area contributed by atoms with Gasteiger partial charge in [0.2, 0.25) is 0 Å². The summed E-state index contributed by atoms with van der Waals surface area (Å²) in [7, 11) is 0. The quantitative estimate of drug-likeness (QED) is 0.609. The molecule has 0 N–H and O–H groups in total. The number of hydrogen-bond donors (Lipinski definition) is 0. The predicted octanol–water partition coefficient (Wildman–Crippen LogP) is 3.61. The third-order valence-corrected chi connectivity index (χ3v) is 4.01. The van der Waals surface area contributed by atoms with Crippen LogP contribution in [0, 0.1) is 17.4 Å². The Balaban J connectivity index is 2.39. The van der Waals surface area contributed by atoms with Crippen molar-refractivity contribution in [2.75, 3.05) is 0 Å². The Hall–Kier alpha value is -1.69. The molecule has 0 aliphatic heterocycles. The average molecular weight is 376 g/mol. The number of halogens is 1.